The van der Waals surface area contributed by atoms with Crippen LogP contribution in [0.25, 0.3) is 0 Å². The fraction of sp³-hybridized carbons (Fsp3) is 0.143. The van der Waals surface area contributed by atoms with E-state index in [2.05, 4.69) is 34.7 Å². The summed E-state index contributed by atoms with van der Waals surface area (Å²) in [5, 5.41) is 0. The van der Waals surface area contributed by atoms with Gasteiger partial charge in [-0.15, -0.1) is 0 Å². The van der Waals surface area contributed by atoms with Gasteiger partial charge in [0.2, 0.25) is 0 Å². The Kier molecular flexibility index (Phi) is 4.39. The highest BCUT2D eigenvalue weighted by atomic mass is 127. The van der Waals surface area contributed by atoms with Gasteiger partial charge in [0.1, 0.15) is 11.5 Å². The summed E-state index contributed by atoms with van der Waals surface area (Å²) >= 11 is 2.27. The summed E-state index contributed by atoms with van der Waals surface area (Å²) in [4.78, 5) is 0. The molecule has 0 heterocycles. The molecule has 0 saturated heterocycles. The van der Waals surface area contributed by atoms with Crippen LogP contribution >= 0.6 is 22.6 Å². The van der Waals surface area contributed by atoms with E-state index >= 15 is 0 Å². The first-order valence-electron chi connectivity index (χ1n) is 5.50. The molecule has 2 rings (SSSR count). The number of halogens is 1. The molecule has 2 aromatic carbocycles. The Morgan fingerprint density at radius 3 is 1.94 bits per heavy atom. The zero-order valence-corrected chi connectivity index (χ0v) is 11.6. The summed E-state index contributed by atoms with van der Waals surface area (Å²) in [6.07, 6.45) is 0.907. The maximum Gasteiger partial charge on any atom is 0.127 e. The van der Waals surface area contributed by atoms with E-state index in [-0.39, 0.29) is 0 Å². The molecule has 0 spiro atoms. The second-order valence-electron chi connectivity index (χ2n) is 3.74. The third-order valence-corrected chi connectivity index (χ3v) is 3.12. The van der Waals surface area contributed by atoms with Crippen LogP contribution in [0.3, 0.4) is 0 Å². The van der Waals surface area contributed by atoms with Crippen LogP contribution in [0.1, 0.15) is 5.56 Å². The van der Waals surface area contributed by atoms with Gasteiger partial charge in [0, 0.05) is 3.57 Å². The minimum atomic E-state index is 0.678. The maximum absolute atomic E-state index is 5.73. The predicted molar refractivity (Wildman–Crippen MR) is 78.4 cm³/mol. The average molecular weight is 339 g/mol. The molecule has 88 valence electrons. The Morgan fingerprint density at radius 2 is 1.41 bits per heavy atom. The molecule has 0 amide bonds. The highest BCUT2D eigenvalue weighted by Gasteiger charge is 1.97. The quantitative estimate of drug-likeness (QED) is 0.864. The van der Waals surface area contributed by atoms with Crippen LogP contribution in [0.5, 0.6) is 11.5 Å². The van der Waals surface area contributed by atoms with Crippen molar-refractivity contribution in [3.63, 3.8) is 0 Å². The molecule has 2 nitrogen and oxygen atoms in total. The van der Waals surface area contributed by atoms with Crippen molar-refractivity contribution in [2.75, 3.05) is 6.54 Å². The van der Waals surface area contributed by atoms with Crippen LogP contribution in [0.4, 0.5) is 0 Å². The molecule has 17 heavy (non-hydrogen) atoms. The van der Waals surface area contributed by atoms with Gasteiger partial charge in [0.05, 0.1) is 0 Å². The maximum atomic E-state index is 5.73. The third kappa shape index (κ3) is 3.71. The Labute approximate surface area is 115 Å². The molecule has 0 aliphatic heterocycles. The average Bonchev–Trinajstić information content (AvgIpc) is 2.35. The van der Waals surface area contributed by atoms with E-state index in [1.165, 1.54) is 9.13 Å². The van der Waals surface area contributed by atoms with Crippen molar-refractivity contribution in [2.45, 2.75) is 6.42 Å². The smallest absolute Gasteiger partial charge is 0.127 e. The summed E-state index contributed by atoms with van der Waals surface area (Å²) in [6.45, 7) is 0.678. The molecule has 0 aliphatic rings. The van der Waals surface area contributed by atoms with Gasteiger partial charge in [0.25, 0.3) is 0 Å². The van der Waals surface area contributed by atoms with E-state index in [9.17, 15) is 0 Å². The molecule has 2 N–H and O–H groups in total. The zero-order chi connectivity index (χ0) is 12.1. The molecule has 0 fully saturated rings. The normalized spacial score (nSPS) is 10.2. The van der Waals surface area contributed by atoms with E-state index in [0.29, 0.717) is 6.54 Å². The van der Waals surface area contributed by atoms with Crippen molar-refractivity contribution in [3.8, 4) is 11.5 Å². The lowest BCUT2D eigenvalue weighted by Gasteiger charge is -2.06. The van der Waals surface area contributed by atoms with Gasteiger partial charge in [-0.3, -0.25) is 0 Å². The van der Waals surface area contributed by atoms with Crippen molar-refractivity contribution in [3.05, 3.63) is 57.7 Å². The first kappa shape index (κ1) is 12.4. The van der Waals surface area contributed by atoms with Gasteiger partial charge in [-0.05, 0) is 77.5 Å². The SMILES string of the molecule is NCCc1ccc(Oc2ccc(I)cc2)cc1. The Morgan fingerprint density at radius 1 is 0.882 bits per heavy atom. The lowest BCUT2D eigenvalue weighted by atomic mass is 10.1. The summed E-state index contributed by atoms with van der Waals surface area (Å²) in [5.41, 5.74) is 6.74. The minimum Gasteiger partial charge on any atom is -0.457 e. The van der Waals surface area contributed by atoms with Crippen LogP contribution in [0, 0.1) is 3.57 Å². The van der Waals surface area contributed by atoms with Crippen LogP contribution in [0.15, 0.2) is 48.5 Å². The Hall–Kier alpha value is -1.07. The molecule has 3 heteroatoms. The molecule has 0 bridgehead atoms. The monoisotopic (exact) mass is 339 g/mol. The van der Waals surface area contributed by atoms with Crippen molar-refractivity contribution in [1.29, 1.82) is 0 Å². The summed E-state index contributed by atoms with van der Waals surface area (Å²) in [5.74, 6) is 1.71. The van der Waals surface area contributed by atoms with E-state index in [0.717, 1.165) is 17.9 Å². The fourth-order valence-corrected chi connectivity index (χ4v) is 1.89. The molecule has 0 aliphatic carbocycles. The molecule has 0 aromatic heterocycles. The lowest BCUT2D eigenvalue weighted by molar-refractivity contribution is 0.482. The number of benzene rings is 2. The molecule has 0 radical (unpaired) electrons. The number of nitrogens with two attached hydrogens (primary N) is 1. The lowest BCUT2D eigenvalue weighted by Crippen LogP contribution is -2.02. The second kappa shape index (κ2) is 6.02. The number of hydrogen-bond donors (Lipinski definition) is 1. The van der Waals surface area contributed by atoms with Crippen LogP contribution in [-0.2, 0) is 6.42 Å². The van der Waals surface area contributed by atoms with E-state index in [1.54, 1.807) is 0 Å². The first-order chi connectivity index (χ1) is 8.28. The topological polar surface area (TPSA) is 35.2 Å². The van der Waals surface area contributed by atoms with Gasteiger partial charge in [-0.25, -0.2) is 0 Å². The molecule has 0 unspecified atom stereocenters. The second-order valence-corrected chi connectivity index (χ2v) is 4.98. The van der Waals surface area contributed by atoms with E-state index in [4.69, 9.17) is 10.5 Å². The van der Waals surface area contributed by atoms with Crippen molar-refractivity contribution >= 4 is 22.6 Å². The fourth-order valence-electron chi connectivity index (χ4n) is 1.53. The number of rotatable bonds is 4. The molecule has 0 atom stereocenters. The largest absolute Gasteiger partial charge is 0.457 e. The van der Waals surface area contributed by atoms with Gasteiger partial charge in [0.15, 0.2) is 0 Å². The summed E-state index contributed by atoms with van der Waals surface area (Å²) in [6, 6.07) is 16.0. The van der Waals surface area contributed by atoms with Crippen molar-refractivity contribution < 1.29 is 4.74 Å². The summed E-state index contributed by atoms with van der Waals surface area (Å²) in [7, 11) is 0. The van der Waals surface area contributed by atoms with Gasteiger partial charge < -0.3 is 10.5 Å². The molecule has 2 aromatic rings. The predicted octanol–water partition coefficient (Wildman–Crippen LogP) is 3.58. The Balaban J connectivity index is 2.05. The van der Waals surface area contributed by atoms with Crippen LogP contribution in [-0.4, -0.2) is 6.54 Å². The number of ether oxygens (including phenoxy) is 1. The van der Waals surface area contributed by atoms with E-state index in [1.807, 2.05) is 36.4 Å². The number of hydrogen-bond acceptors (Lipinski definition) is 2. The zero-order valence-electron chi connectivity index (χ0n) is 9.40. The van der Waals surface area contributed by atoms with Crippen LogP contribution in [0.2, 0.25) is 0 Å². The van der Waals surface area contributed by atoms with Crippen LogP contribution < -0.4 is 10.5 Å². The first-order valence-corrected chi connectivity index (χ1v) is 6.58. The van der Waals surface area contributed by atoms with Crippen molar-refractivity contribution in [2.24, 2.45) is 5.73 Å². The molecule has 0 saturated carbocycles. The standard InChI is InChI=1S/C14H14INO/c15-12-3-7-14(8-4-12)17-13-5-1-11(2-6-13)9-10-16/h1-8H,9-10,16H2. The highest BCUT2D eigenvalue weighted by Crippen LogP contribution is 2.22. The Bertz CT molecular complexity index is 465. The molecular formula is C14H14INO. The van der Waals surface area contributed by atoms with Gasteiger partial charge in [-0.2, -0.15) is 0 Å². The van der Waals surface area contributed by atoms with Crippen molar-refractivity contribution in [1.82, 2.24) is 0 Å². The summed E-state index contributed by atoms with van der Waals surface area (Å²) < 4.78 is 6.93. The third-order valence-electron chi connectivity index (χ3n) is 2.41. The minimum absolute atomic E-state index is 0.678. The van der Waals surface area contributed by atoms with Gasteiger partial charge in [-0.1, -0.05) is 12.1 Å². The van der Waals surface area contributed by atoms with E-state index < -0.39 is 0 Å². The van der Waals surface area contributed by atoms with Gasteiger partial charge >= 0.3 is 0 Å². The molecular weight excluding hydrogens is 325 g/mol. The highest BCUT2D eigenvalue weighted by molar-refractivity contribution is 14.1.